The summed E-state index contributed by atoms with van der Waals surface area (Å²) in [6, 6.07) is 24.9. The van der Waals surface area contributed by atoms with Crippen molar-refractivity contribution >= 4 is 22.5 Å². The monoisotopic (exact) mass is 499 g/mol. The minimum atomic E-state index is -0.278. The second-order valence-corrected chi connectivity index (χ2v) is 10.3. The molecule has 1 atom stereocenters. The highest BCUT2D eigenvalue weighted by Crippen LogP contribution is 2.45. The van der Waals surface area contributed by atoms with Gasteiger partial charge in [0.05, 0.1) is 17.4 Å². The number of hydrogen-bond donors (Lipinski definition) is 1. The van der Waals surface area contributed by atoms with Gasteiger partial charge in [-0.2, -0.15) is 0 Å². The summed E-state index contributed by atoms with van der Waals surface area (Å²) in [5, 5.41) is 0.989. The number of halogens is 2. The van der Waals surface area contributed by atoms with Crippen molar-refractivity contribution in [3.05, 3.63) is 113 Å². The summed E-state index contributed by atoms with van der Waals surface area (Å²) in [6.45, 7) is 6.96. The molecule has 0 saturated carbocycles. The van der Waals surface area contributed by atoms with Gasteiger partial charge in [0, 0.05) is 16.9 Å². The number of ether oxygens (including phenoxy) is 1. The molecule has 0 saturated heterocycles. The molecule has 0 aliphatic heterocycles. The predicted molar refractivity (Wildman–Crippen MR) is 143 cm³/mol. The van der Waals surface area contributed by atoms with Crippen molar-refractivity contribution < 1.29 is 9.13 Å². The highest BCUT2D eigenvalue weighted by molar-refractivity contribution is 6.29. The summed E-state index contributed by atoms with van der Waals surface area (Å²) in [6.07, 6.45) is 1.62. The maximum atomic E-state index is 14.0. The van der Waals surface area contributed by atoms with Gasteiger partial charge < -0.3 is 9.72 Å². The van der Waals surface area contributed by atoms with Crippen LogP contribution in [0.25, 0.3) is 22.3 Å². The summed E-state index contributed by atoms with van der Waals surface area (Å²) in [5.41, 5.74) is 4.52. The molecule has 0 spiro atoms. The molecule has 0 radical (unpaired) electrons. The smallest absolute Gasteiger partial charge is 0.138 e. The number of hydrogen-bond acceptors (Lipinski definition) is 3. The molecule has 0 aliphatic carbocycles. The van der Waals surface area contributed by atoms with Crippen molar-refractivity contribution in [2.24, 2.45) is 5.41 Å². The Hall–Kier alpha value is -3.70. The lowest BCUT2D eigenvalue weighted by Crippen LogP contribution is -2.20. The first-order valence-electron chi connectivity index (χ1n) is 11.9. The van der Waals surface area contributed by atoms with E-state index in [1.807, 2.05) is 18.2 Å². The largest absolute Gasteiger partial charge is 0.487 e. The van der Waals surface area contributed by atoms with E-state index >= 15 is 0 Å². The molecule has 5 rings (SSSR count). The fraction of sp³-hybridized carbons (Fsp3) is 0.200. The number of nitrogens with zero attached hydrogens (tertiary/aromatic N) is 2. The number of nitrogens with one attached hydrogen (secondary N) is 1. The van der Waals surface area contributed by atoms with Crippen LogP contribution >= 0.6 is 11.6 Å². The lowest BCUT2D eigenvalue weighted by atomic mass is 9.71. The van der Waals surface area contributed by atoms with Gasteiger partial charge in [0.25, 0.3) is 0 Å². The third kappa shape index (κ3) is 4.98. The summed E-state index contributed by atoms with van der Waals surface area (Å²) >= 11 is 6.18. The molecule has 182 valence electrons. The summed E-state index contributed by atoms with van der Waals surface area (Å²) < 4.78 is 20.2. The van der Waals surface area contributed by atoms with Gasteiger partial charge in [-0.1, -0.05) is 68.8 Å². The number of H-pyrrole nitrogens is 1. The van der Waals surface area contributed by atoms with E-state index in [1.165, 1.54) is 11.6 Å². The van der Waals surface area contributed by atoms with Crippen molar-refractivity contribution in [2.45, 2.75) is 33.3 Å². The van der Waals surface area contributed by atoms with E-state index in [9.17, 15) is 4.39 Å². The van der Waals surface area contributed by atoms with Crippen LogP contribution in [0.5, 0.6) is 5.75 Å². The summed E-state index contributed by atoms with van der Waals surface area (Å²) in [5.74, 6) is 1.23. The minimum absolute atomic E-state index is 0.0721. The quantitative estimate of drug-likeness (QED) is 0.256. The molecule has 0 bridgehead atoms. The number of aromatic amines is 1. The van der Waals surface area contributed by atoms with Gasteiger partial charge in [0.1, 0.15) is 29.2 Å². The lowest BCUT2D eigenvalue weighted by molar-refractivity contribution is 0.300. The maximum absolute atomic E-state index is 14.0. The second-order valence-electron chi connectivity index (χ2n) is 9.94. The number of imidazole rings is 1. The molecule has 3 aromatic carbocycles. The molecule has 0 amide bonds. The third-order valence-electron chi connectivity index (χ3n) is 6.26. The lowest BCUT2D eigenvalue weighted by Gasteiger charge is -2.33. The summed E-state index contributed by atoms with van der Waals surface area (Å²) in [4.78, 5) is 12.2. The number of fused-ring (bicyclic) bond motifs is 1. The SMILES string of the molecule is CC(C)(C)C(c1ccccc1)c1cc(OCc2ccc3c(F)cccc3n2)ccc1-c1ncc(Cl)[nH]1. The average Bonchev–Trinajstić information content (AvgIpc) is 3.29. The zero-order valence-corrected chi connectivity index (χ0v) is 21.2. The van der Waals surface area contributed by atoms with E-state index in [-0.39, 0.29) is 23.8 Å². The van der Waals surface area contributed by atoms with E-state index in [0.717, 1.165) is 22.6 Å². The van der Waals surface area contributed by atoms with E-state index < -0.39 is 0 Å². The molecule has 2 heterocycles. The first-order valence-corrected chi connectivity index (χ1v) is 12.2. The van der Waals surface area contributed by atoms with Crippen molar-refractivity contribution in [3.8, 4) is 17.1 Å². The average molecular weight is 500 g/mol. The number of rotatable bonds is 6. The molecular weight excluding hydrogens is 473 g/mol. The van der Waals surface area contributed by atoms with Gasteiger partial charge in [-0.15, -0.1) is 0 Å². The molecule has 0 fully saturated rings. The van der Waals surface area contributed by atoms with Crippen molar-refractivity contribution in [2.75, 3.05) is 0 Å². The standard InChI is InChI=1S/C30H27ClFN3O/c1-30(2,3)28(19-8-5-4-6-9-19)24-16-21(13-15-22(24)29-33-17-27(31)35-29)36-18-20-12-14-23-25(32)10-7-11-26(23)34-20/h4-17,28H,18H2,1-3H3,(H,33,35). The normalized spacial score (nSPS) is 12.6. The zero-order chi connectivity index (χ0) is 25.3. The molecular formula is C30H27ClFN3O. The van der Waals surface area contributed by atoms with E-state index in [4.69, 9.17) is 16.3 Å². The minimum Gasteiger partial charge on any atom is -0.487 e. The van der Waals surface area contributed by atoms with Crippen LogP contribution < -0.4 is 4.74 Å². The van der Waals surface area contributed by atoms with E-state index in [0.29, 0.717) is 21.9 Å². The molecule has 0 aliphatic rings. The molecule has 2 aromatic heterocycles. The van der Waals surface area contributed by atoms with Gasteiger partial charge >= 0.3 is 0 Å². The third-order valence-corrected chi connectivity index (χ3v) is 6.45. The van der Waals surface area contributed by atoms with Gasteiger partial charge in [-0.05, 0) is 59.0 Å². The molecule has 4 nitrogen and oxygen atoms in total. The Bertz CT molecular complexity index is 1510. The zero-order valence-electron chi connectivity index (χ0n) is 20.4. The van der Waals surface area contributed by atoms with Crippen LogP contribution in [0.3, 0.4) is 0 Å². The fourth-order valence-electron chi connectivity index (χ4n) is 4.71. The Kier molecular flexibility index (Phi) is 6.50. The predicted octanol–water partition coefficient (Wildman–Crippen LogP) is 8.17. The summed E-state index contributed by atoms with van der Waals surface area (Å²) in [7, 11) is 0. The number of pyridine rings is 1. The Morgan fingerprint density at radius 3 is 2.50 bits per heavy atom. The van der Waals surface area contributed by atoms with Gasteiger partial charge in [0.15, 0.2) is 0 Å². The van der Waals surface area contributed by atoms with Gasteiger partial charge in [0.2, 0.25) is 0 Å². The van der Waals surface area contributed by atoms with Crippen LogP contribution in [-0.4, -0.2) is 15.0 Å². The Morgan fingerprint density at radius 1 is 0.972 bits per heavy atom. The van der Waals surface area contributed by atoms with Crippen LogP contribution in [0.15, 0.2) is 85.1 Å². The highest BCUT2D eigenvalue weighted by Gasteiger charge is 2.31. The first-order chi connectivity index (χ1) is 17.3. The molecule has 1 N–H and O–H groups in total. The highest BCUT2D eigenvalue weighted by atomic mass is 35.5. The fourth-order valence-corrected chi connectivity index (χ4v) is 4.85. The van der Waals surface area contributed by atoms with Gasteiger partial charge in [-0.3, -0.25) is 0 Å². The Balaban J connectivity index is 1.53. The first kappa shape index (κ1) is 24.0. The topological polar surface area (TPSA) is 50.8 Å². The van der Waals surface area contributed by atoms with Gasteiger partial charge in [-0.25, -0.2) is 14.4 Å². The molecule has 6 heteroatoms. The van der Waals surface area contributed by atoms with E-state index in [1.54, 1.807) is 30.5 Å². The van der Waals surface area contributed by atoms with E-state index in [2.05, 4.69) is 66.1 Å². The van der Waals surface area contributed by atoms with Crippen LogP contribution in [0.2, 0.25) is 5.15 Å². The Labute approximate surface area is 215 Å². The van der Waals surface area contributed by atoms with Crippen LogP contribution in [-0.2, 0) is 6.61 Å². The van der Waals surface area contributed by atoms with Crippen LogP contribution in [0.4, 0.5) is 4.39 Å². The maximum Gasteiger partial charge on any atom is 0.138 e. The number of aromatic nitrogens is 3. The van der Waals surface area contributed by atoms with Crippen molar-refractivity contribution in [1.29, 1.82) is 0 Å². The van der Waals surface area contributed by atoms with Crippen molar-refractivity contribution in [1.82, 2.24) is 15.0 Å². The molecule has 5 aromatic rings. The number of benzene rings is 3. The van der Waals surface area contributed by atoms with Crippen LogP contribution in [0.1, 0.15) is 43.5 Å². The second kappa shape index (κ2) is 9.75. The molecule has 1 unspecified atom stereocenters. The van der Waals surface area contributed by atoms with Crippen molar-refractivity contribution in [3.63, 3.8) is 0 Å². The Morgan fingerprint density at radius 2 is 1.78 bits per heavy atom. The van der Waals surface area contributed by atoms with Crippen LogP contribution in [0, 0.1) is 11.2 Å². The molecule has 36 heavy (non-hydrogen) atoms.